The Morgan fingerprint density at radius 3 is 2.86 bits per heavy atom. The highest BCUT2D eigenvalue weighted by Gasteiger charge is 2.40. The Labute approximate surface area is 129 Å². The molecule has 21 heavy (non-hydrogen) atoms. The zero-order valence-corrected chi connectivity index (χ0v) is 12.8. The minimum Gasteiger partial charge on any atom is -0.334 e. The van der Waals surface area contributed by atoms with Crippen molar-refractivity contribution >= 4 is 23.4 Å². The average Bonchev–Trinajstić information content (AvgIpc) is 2.92. The van der Waals surface area contributed by atoms with Gasteiger partial charge in [-0.15, -0.1) is 0 Å². The van der Waals surface area contributed by atoms with Crippen molar-refractivity contribution < 1.29 is 9.59 Å². The van der Waals surface area contributed by atoms with Crippen LogP contribution in [0.1, 0.15) is 37.8 Å². The van der Waals surface area contributed by atoms with Gasteiger partial charge in [-0.1, -0.05) is 23.7 Å². The van der Waals surface area contributed by atoms with Crippen molar-refractivity contribution in [2.75, 3.05) is 13.1 Å². The molecular weight excluding hydrogens is 288 g/mol. The molecule has 2 unspecified atom stereocenters. The Morgan fingerprint density at radius 2 is 2.10 bits per heavy atom. The quantitative estimate of drug-likeness (QED) is 0.843. The molecule has 2 heterocycles. The molecule has 3 rings (SSSR count). The first-order chi connectivity index (χ1) is 10.1. The lowest BCUT2D eigenvalue weighted by Gasteiger charge is -2.30. The van der Waals surface area contributed by atoms with E-state index in [1.807, 2.05) is 36.1 Å². The van der Waals surface area contributed by atoms with E-state index in [9.17, 15) is 9.59 Å². The summed E-state index contributed by atoms with van der Waals surface area (Å²) in [5, 5.41) is 0.667. The lowest BCUT2D eigenvalue weighted by molar-refractivity contribution is -0.140. The summed E-state index contributed by atoms with van der Waals surface area (Å²) in [5.41, 5.74) is 1.01. The molecule has 112 valence electrons. The van der Waals surface area contributed by atoms with Crippen molar-refractivity contribution in [2.45, 2.75) is 38.3 Å². The Kier molecular flexibility index (Phi) is 3.89. The van der Waals surface area contributed by atoms with Gasteiger partial charge in [0.1, 0.15) is 6.04 Å². The summed E-state index contributed by atoms with van der Waals surface area (Å²) in [6.45, 7) is 3.20. The van der Waals surface area contributed by atoms with Gasteiger partial charge in [-0.25, -0.2) is 0 Å². The number of fused-ring (bicyclic) bond motifs is 1. The van der Waals surface area contributed by atoms with Crippen LogP contribution in [0, 0.1) is 0 Å². The van der Waals surface area contributed by atoms with Crippen LogP contribution in [-0.2, 0) is 9.59 Å². The molecule has 0 aliphatic carbocycles. The Hall–Kier alpha value is -1.55. The summed E-state index contributed by atoms with van der Waals surface area (Å²) in [4.78, 5) is 28.5. The number of rotatable bonds is 2. The predicted molar refractivity (Wildman–Crippen MR) is 80.9 cm³/mol. The van der Waals surface area contributed by atoms with Crippen LogP contribution in [0.25, 0.3) is 0 Å². The van der Waals surface area contributed by atoms with Crippen molar-refractivity contribution in [1.82, 2.24) is 9.80 Å². The number of amides is 2. The SMILES string of the molecule is CC(c1cccc(Cl)c1)N1CCC(=O)N2CCCC2C1=O. The maximum absolute atomic E-state index is 12.8. The second-order valence-corrected chi connectivity index (χ2v) is 6.19. The maximum atomic E-state index is 12.8. The van der Waals surface area contributed by atoms with Gasteiger partial charge in [0.2, 0.25) is 11.8 Å². The van der Waals surface area contributed by atoms with Gasteiger partial charge in [-0.05, 0) is 37.5 Å². The molecule has 5 heteroatoms. The first kappa shape index (κ1) is 14.4. The molecular formula is C16H19ClN2O2. The smallest absolute Gasteiger partial charge is 0.245 e. The predicted octanol–water partition coefficient (Wildman–Crippen LogP) is 2.62. The minimum atomic E-state index is -0.262. The summed E-state index contributed by atoms with van der Waals surface area (Å²) < 4.78 is 0. The van der Waals surface area contributed by atoms with Gasteiger partial charge in [-0.3, -0.25) is 9.59 Å². The van der Waals surface area contributed by atoms with Crippen LogP contribution in [0.4, 0.5) is 0 Å². The fourth-order valence-corrected chi connectivity index (χ4v) is 3.51. The second kappa shape index (κ2) is 5.68. The minimum absolute atomic E-state index is 0.0652. The Bertz CT molecular complexity index is 575. The van der Waals surface area contributed by atoms with Crippen molar-refractivity contribution in [3.8, 4) is 0 Å². The number of carbonyl (C=O) groups excluding carboxylic acids is 2. The van der Waals surface area contributed by atoms with Crippen LogP contribution >= 0.6 is 11.6 Å². The number of hydrogen-bond donors (Lipinski definition) is 0. The highest BCUT2D eigenvalue weighted by molar-refractivity contribution is 6.30. The standard InChI is InChI=1S/C16H19ClN2O2/c1-11(12-4-2-5-13(17)10-12)18-9-7-15(20)19-8-3-6-14(19)16(18)21/h2,4-5,10-11,14H,3,6-9H2,1H3. The highest BCUT2D eigenvalue weighted by Crippen LogP contribution is 2.29. The van der Waals surface area contributed by atoms with Crippen LogP contribution in [0.5, 0.6) is 0 Å². The lowest BCUT2D eigenvalue weighted by atomic mass is 10.1. The summed E-state index contributed by atoms with van der Waals surface area (Å²) >= 11 is 6.04. The van der Waals surface area contributed by atoms with Gasteiger partial charge in [0.15, 0.2) is 0 Å². The van der Waals surface area contributed by atoms with Crippen molar-refractivity contribution in [2.24, 2.45) is 0 Å². The van der Waals surface area contributed by atoms with Crippen LogP contribution in [0.3, 0.4) is 0 Å². The van der Waals surface area contributed by atoms with E-state index in [1.165, 1.54) is 0 Å². The molecule has 1 aromatic carbocycles. The van der Waals surface area contributed by atoms with E-state index in [2.05, 4.69) is 0 Å². The highest BCUT2D eigenvalue weighted by atomic mass is 35.5. The largest absolute Gasteiger partial charge is 0.334 e. The normalized spacial score (nSPS) is 24.0. The molecule has 0 aromatic heterocycles. The molecule has 2 aliphatic rings. The molecule has 2 saturated heterocycles. The molecule has 0 saturated carbocycles. The number of hydrogen-bond acceptors (Lipinski definition) is 2. The molecule has 2 atom stereocenters. The van der Waals surface area contributed by atoms with Crippen molar-refractivity contribution in [1.29, 1.82) is 0 Å². The first-order valence-corrected chi connectivity index (χ1v) is 7.81. The van der Waals surface area contributed by atoms with Gasteiger partial charge < -0.3 is 9.80 Å². The van der Waals surface area contributed by atoms with Crippen LogP contribution in [0.15, 0.2) is 24.3 Å². The van der Waals surface area contributed by atoms with Gasteiger partial charge in [-0.2, -0.15) is 0 Å². The van der Waals surface area contributed by atoms with E-state index in [4.69, 9.17) is 11.6 Å². The van der Waals surface area contributed by atoms with E-state index in [0.29, 0.717) is 24.5 Å². The molecule has 0 N–H and O–H groups in total. The van der Waals surface area contributed by atoms with E-state index < -0.39 is 0 Å². The van der Waals surface area contributed by atoms with E-state index in [-0.39, 0.29) is 23.9 Å². The third-order valence-corrected chi connectivity index (χ3v) is 4.74. The molecule has 4 nitrogen and oxygen atoms in total. The summed E-state index contributed by atoms with van der Waals surface area (Å²) in [7, 11) is 0. The zero-order valence-electron chi connectivity index (χ0n) is 12.1. The van der Waals surface area contributed by atoms with E-state index in [0.717, 1.165) is 18.4 Å². The summed E-state index contributed by atoms with van der Waals surface area (Å²) in [6, 6.07) is 7.25. The number of carbonyl (C=O) groups is 2. The fourth-order valence-electron chi connectivity index (χ4n) is 3.31. The number of halogens is 1. The van der Waals surface area contributed by atoms with Crippen LogP contribution < -0.4 is 0 Å². The topological polar surface area (TPSA) is 40.6 Å². The second-order valence-electron chi connectivity index (χ2n) is 5.76. The first-order valence-electron chi connectivity index (χ1n) is 7.43. The number of nitrogens with zero attached hydrogens (tertiary/aromatic N) is 2. The van der Waals surface area contributed by atoms with Crippen LogP contribution in [0.2, 0.25) is 5.02 Å². The Balaban J connectivity index is 1.87. The Morgan fingerprint density at radius 1 is 1.29 bits per heavy atom. The third kappa shape index (κ3) is 2.64. The maximum Gasteiger partial charge on any atom is 0.245 e. The average molecular weight is 307 g/mol. The van der Waals surface area contributed by atoms with Gasteiger partial charge in [0.25, 0.3) is 0 Å². The van der Waals surface area contributed by atoms with Gasteiger partial charge in [0.05, 0.1) is 6.04 Å². The monoisotopic (exact) mass is 306 g/mol. The molecule has 2 amide bonds. The molecule has 2 aliphatic heterocycles. The molecule has 0 spiro atoms. The number of benzene rings is 1. The summed E-state index contributed by atoms with van der Waals surface area (Å²) in [6.07, 6.45) is 2.11. The van der Waals surface area contributed by atoms with Crippen LogP contribution in [-0.4, -0.2) is 40.7 Å². The zero-order chi connectivity index (χ0) is 15.0. The summed E-state index contributed by atoms with van der Waals surface area (Å²) in [5.74, 6) is 0.178. The third-order valence-electron chi connectivity index (χ3n) is 4.51. The molecule has 0 bridgehead atoms. The van der Waals surface area contributed by atoms with Crippen molar-refractivity contribution in [3.05, 3.63) is 34.9 Å². The molecule has 1 aromatic rings. The lowest BCUT2D eigenvalue weighted by Crippen LogP contribution is -2.44. The van der Waals surface area contributed by atoms with E-state index >= 15 is 0 Å². The van der Waals surface area contributed by atoms with E-state index in [1.54, 1.807) is 4.90 Å². The van der Waals surface area contributed by atoms with Gasteiger partial charge >= 0.3 is 0 Å². The molecule has 0 radical (unpaired) electrons. The fraction of sp³-hybridized carbons (Fsp3) is 0.500. The molecule has 2 fully saturated rings. The van der Waals surface area contributed by atoms with Gasteiger partial charge in [0, 0.05) is 24.5 Å². The van der Waals surface area contributed by atoms with Crippen molar-refractivity contribution in [3.63, 3.8) is 0 Å².